The average Bonchev–Trinajstić information content (AvgIpc) is 2.42. The molecule has 0 saturated carbocycles. The summed E-state index contributed by atoms with van der Waals surface area (Å²) < 4.78 is 0. The van der Waals surface area contributed by atoms with Crippen molar-refractivity contribution in [3.05, 3.63) is 65.7 Å². The minimum Gasteiger partial charge on any atom is -0.183 e. The van der Waals surface area contributed by atoms with Crippen LogP contribution in [0.4, 0.5) is 0 Å². The minimum absolute atomic E-state index is 1.04. The van der Waals surface area contributed by atoms with E-state index in [2.05, 4.69) is 73.8 Å². The van der Waals surface area contributed by atoms with E-state index in [1.54, 1.807) is 6.26 Å². The first kappa shape index (κ1) is 15.5. The molecule has 3 heteroatoms. The van der Waals surface area contributed by atoms with Crippen LogP contribution in [0.1, 0.15) is 11.1 Å². The molecule has 0 aromatic heterocycles. The van der Waals surface area contributed by atoms with Crippen LogP contribution < -0.4 is 0 Å². The van der Waals surface area contributed by atoms with Gasteiger partial charge in [-0.25, -0.2) is 0 Å². The lowest BCUT2D eigenvalue weighted by atomic mass is 10.2. The van der Waals surface area contributed by atoms with E-state index in [1.807, 2.05) is 17.8 Å². The van der Waals surface area contributed by atoms with Gasteiger partial charge in [0.2, 0.25) is 0 Å². The molecule has 2 aromatic carbocycles. The van der Waals surface area contributed by atoms with E-state index in [9.17, 15) is 0 Å². The van der Waals surface area contributed by atoms with E-state index >= 15 is 0 Å². The Hall–Kier alpha value is -0.510. The molecular formula is C15H18S3. The number of rotatable bonds is 4. The molecule has 18 heavy (non-hydrogen) atoms. The van der Waals surface area contributed by atoms with E-state index in [0.29, 0.717) is 0 Å². The summed E-state index contributed by atoms with van der Waals surface area (Å²) in [5, 5.41) is 0. The molecule has 0 spiro atoms. The van der Waals surface area contributed by atoms with Crippen molar-refractivity contribution < 1.29 is 0 Å². The van der Waals surface area contributed by atoms with Crippen LogP contribution >= 0.6 is 37.0 Å². The van der Waals surface area contributed by atoms with Crippen LogP contribution in [-0.2, 0) is 11.5 Å². The van der Waals surface area contributed by atoms with Crippen molar-refractivity contribution in [1.82, 2.24) is 0 Å². The highest BCUT2D eigenvalue weighted by molar-refractivity contribution is 7.97. The summed E-state index contributed by atoms with van der Waals surface area (Å²) in [6.45, 7) is 0. The SMILES string of the molecule is CS.Sc1cccc(CSCc2ccccc2)c1. The Kier molecular flexibility index (Phi) is 8.14. The van der Waals surface area contributed by atoms with Crippen molar-refractivity contribution in [3.8, 4) is 0 Å². The molecule has 0 aliphatic rings. The molecule has 0 saturated heterocycles. The van der Waals surface area contributed by atoms with Gasteiger partial charge in [-0.05, 0) is 29.5 Å². The summed E-state index contributed by atoms with van der Waals surface area (Å²) in [6.07, 6.45) is 1.69. The fourth-order valence-corrected chi connectivity index (χ4v) is 2.70. The van der Waals surface area contributed by atoms with Gasteiger partial charge in [0, 0.05) is 16.4 Å². The van der Waals surface area contributed by atoms with E-state index in [1.165, 1.54) is 11.1 Å². The molecule has 0 fully saturated rings. The van der Waals surface area contributed by atoms with Crippen LogP contribution in [0.25, 0.3) is 0 Å². The Morgan fingerprint density at radius 1 is 0.833 bits per heavy atom. The Bertz CT molecular complexity index is 441. The minimum atomic E-state index is 1.04. The van der Waals surface area contributed by atoms with Gasteiger partial charge in [-0.15, -0.1) is 12.6 Å². The molecule has 0 heterocycles. The molecule has 96 valence electrons. The van der Waals surface area contributed by atoms with E-state index in [0.717, 1.165) is 16.4 Å². The van der Waals surface area contributed by atoms with Crippen LogP contribution in [0.2, 0.25) is 0 Å². The Morgan fingerprint density at radius 3 is 2.11 bits per heavy atom. The van der Waals surface area contributed by atoms with Crippen LogP contribution in [0, 0.1) is 0 Å². The first-order valence-corrected chi connectivity index (χ1v) is 8.18. The topological polar surface area (TPSA) is 0 Å². The molecule has 0 nitrogen and oxygen atoms in total. The Balaban J connectivity index is 0.000000771. The second-order valence-electron chi connectivity index (χ2n) is 3.65. The van der Waals surface area contributed by atoms with Crippen molar-refractivity contribution in [2.24, 2.45) is 0 Å². The Labute approximate surface area is 125 Å². The van der Waals surface area contributed by atoms with E-state index in [-0.39, 0.29) is 0 Å². The number of thiol groups is 2. The number of hydrogen-bond donors (Lipinski definition) is 2. The fraction of sp³-hybridized carbons (Fsp3) is 0.200. The molecule has 0 bridgehead atoms. The third-order valence-electron chi connectivity index (χ3n) is 2.29. The standard InChI is InChI=1S/C14H14S2.CH4S/c15-14-8-4-7-13(9-14)11-16-10-12-5-2-1-3-6-12;1-2/h1-9,15H,10-11H2;2H,1H3. The van der Waals surface area contributed by atoms with Crippen LogP contribution in [0.5, 0.6) is 0 Å². The van der Waals surface area contributed by atoms with Gasteiger partial charge in [0.05, 0.1) is 0 Å². The second kappa shape index (κ2) is 9.42. The number of hydrogen-bond acceptors (Lipinski definition) is 3. The lowest BCUT2D eigenvalue weighted by Gasteiger charge is -2.03. The van der Waals surface area contributed by atoms with Gasteiger partial charge in [0.25, 0.3) is 0 Å². The highest BCUT2D eigenvalue weighted by atomic mass is 32.2. The molecule has 0 aliphatic heterocycles. The third-order valence-corrected chi connectivity index (χ3v) is 3.64. The van der Waals surface area contributed by atoms with Crippen molar-refractivity contribution in [3.63, 3.8) is 0 Å². The summed E-state index contributed by atoms with van der Waals surface area (Å²) in [5.74, 6) is 2.11. The molecule has 0 radical (unpaired) electrons. The molecule has 0 aliphatic carbocycles. The van der Waals surface area contributed by atoms with E-state index in [4.69, 9.17) is 0 Å². The normalized spacial score (nSPS) is 9.50. The quantitative estimate of drug-likeness (QED) is 0.752. The molecule has 0 atom stereocenters. The second-order valence-corrected chi connectivity index (χ2v) is 5.15. The lowest BCUT2D eigenvalue weighted by Crippen LogP contribution is -1.83. The summed E-state index contributed by atoms with van der Waals surface area (Å²) >= 11 is 9.80. The van der Waals surface area contributed by atoms with Crippen molar-refractivity contribution >= 4 is 37.0 Å². The zero-order valence-electron chi connectivity index (χ0n) is 10.4. The van der Waals surface area contributed by atoms with E-state index < -0.39 is 0 Å². The lowest BCUT2D eigenvalue weighted by molar-refractivity contribution is 1.32. The number of thioether (sulfide) groups is 1. The third kappa shape index (κ3) is 5.89. The average molecular weight is 295 g/mol. The zero-order chi connectivity index (χ0) is 13.2. The van der Waals surface area contributed by atoms with Crippen LogP contribution in [-0.4, -0.2) is 6.26 Å². The van der Waals surface area contributed by atoms with Gasteiger partial charge in [-0.2, -0.15) is 24.4 Å². The maximum atomic E-state index is 4.34. The highest BCUT2D eigenvalue weighted by Gasteiger charge is 1.95. The van der Waals surface area contributed by atoms with Gasteiger partial charge >= 0.3 is 0 Å². The predicted molar refractivity (Wildman–Crippen MR) is 90.0 cm³/mol. The van der Waals surface area contributed by atoms with Crippen molar-refractivity contribution in [2.75, 3.05) is 6.26 Å². The Morgan fingerprint density at radius 2 is 1.44 bits per heavy atom. The van der Waals surface area contributed by atoms with Gasteiger partial charge < -0.3 is 0 Å². The monoisotopic (exact) mass is 294 g/mol. The molecule has 0 amide bonds. The van der Waals surface area contributed by atoms with Crippen molar-refractivity contribution in [2.45, 2.75) is 16.4 Å². The van der Waals surface area contributed by atoms with Gasteiger partial charge in [0.1, 0.15) is 0 Å². The summed E-state index contributed by atoms with van der Waals surface area (Å²) in [4.78, 5) is 1.04. The largest absolute Gasteiger partial charge is 0.183 e. The highest BCUT2D eigenvalue weighted by Crippen LogP contribution is 2.19. The van der Waals surface area contributed by atoms with Gasteiger partial charge in [-0.1, -0.05) is 42.5 Å². The maximum absolute atomic E-state index is 4.34. The van der Waals surface area contributed by atoms with Crippen LogP contribution in [0.3, 0.4) is 0 Å². The fourth-order valence-electron chi connectivity index (χ4n) is 1.51. The summed E-state index contributed by atoms with van der Waals surface area (Å²) in [6, 6.07) is 18.9. The summed E-state index contributed by atoms with van der Waals surface area (Å²) in [5.41, 5.74) is 2.72. The first-order valence-electron chi connectivity index (χ1n) is 5.69. The van der Waals surface area contributed by atoms with Gasteiger partial charge in [-0.3, -0.25) is 0 Å². The molecule has 2 aromatic rings. The summed E-state index contributed by atoms with van der Waals surface area (Å²) in [7, 11) is 0. The maximum Gasteiger partial charge on any atom is 0.0188 e. The number of benzene rings is 2. The van der Waals surface area contributed by atoms with Crippen LogP contribution in [0.15, 0.2) is 59.5 Å². The first-order chi connectivity index (χ1) is 8.84. The van der Waals surface area contributed by atoms with Gasteiger partial charge in [0.15, 0.2) is 0 Å². The molecule has 2 rings (SSSR count). The molecule has 0 N–H and O–H groups in total. The predicted octanol–water partition coefficient (Wildman–Crippen LogP) is 4.95. The zero-order valence-corrected chi connectivity index (χ0v) is 13.0. The molecule has 0 unspecified atom stereocenters. The molecular weight excluding hydrogens is 276 g/mol. The van der Waals surface area contributed by atoms with Crippen molar-refractivity contribution in [1.29, 1.82) is 0 Å². The smallest absolute Gasteiger partial charge is 0.0188 e.